The minimum absolute atomic E-state index is 0.0566. The summed E-state index contributed by atoms with van der Waals surface area (Å²) in [6.45, 7) is 4.10. The molecule has 2 heterocycles. The Kier molecular flexibility index (Phi) is 4.52. The third kappa shape index (κ3) is 3.39. The molecule has 1 aromatic heterocycles. The van der Waals surface area contributed by atoms with Gasteiger partial charge in [-0.25, -0.2) is 21.6 Å². The first kappa shape index (κ1) is 17.2. The number of hydrogen-bond donors (Lipinski definition) is 2. The third-order valence-electron chi connectivity index (χ3n) is 4.16. The molecule has 2 N–H and O–H groups in total. The zero-order valence-electron chi connectivity index (χ0n) is 13.0. The van der Waals surface area contributed by atoms with Gasteiger partial charge < -0.3 is 4.98 Å². The van der Waals surface area contributed by atoms with E-state index in [9.17, 15) is 16.8 Å². The molecule has 130 valence electrons. The fraction of sp³-hybridized carbons (Fsp3) is 0.333. The van der Waals surface area contributed by atoms with Crippen LogP contribution in [0.15, 0.2) is 47.3 Å². The van der Waals surface area contributed by atoms with Gasteiger partial charge in [-0.2, -0.15) is 4.31 Å². The van der Waals surface area contributed by atoms with E-state index in [1.54, 1.807) is 6.07 Å². The highest BCUT2D eigenvalue weighted by molar-refractivity contribution is 7.92. The molecule has 3 rings (SSSR count). The quantitative estimate of drug-likeness (QED) is 0.800. The number of para-hydroxylation sites is 1. The van der Waals surface area contributed by atoms with Crippen molar-refractivity contribution in [2.24, 2.45) is 5.92 Å². The van der Waals surface area contributed by atoms with Crippen LogP contribution in [0.1, 0.15) is 6.42 Å². The molecule has 0 radical (unpaired) electrons. The van der Waals surface area contributed by atoms with Crippen molar-refractivity contribution in [1.29, 1.82) is 0 Å². The molecule has 0 bridgehead atoms. The van der Waals surface area contributed by atoms with Gasteiger partial charge in [0.05, 0.1) is 0 Å². The number of rotatable bonds is 6. The summed E-state index contributed by atoms with van der Waals surface area (Å²) >= 11 is 0. The smallest absolute Gasteiger partial charge is 0.258 e. The van der Waals surface area contributed by atoms with E-state index >= 15 is 0 Å². The van der Waals surface area contributed by atoms with Crippen molar-refractivity contribution in [3.8, 4) is 0 Å². The van der Waals surface area contributed by atoms with Gasteiger partial charge in [-0.05, 0) is 24.5 Å². The number of aromatic amines is 1. The molecule has 1 fully saturated rings. The molecule has 0 aliphatic carbocycles. The molecule has 1 atom stereocenters. The number of hydrogen-bond acceptors (Lipinski definition) is 4. The number of H-pyrrole nitrogens is 1. The van der Waals surface area contributed by atoms with E-state index in [1.165, 1.54) is 4.31 Å². The monoisotopic (exact) mass is 369 g/mol. The van der Waals surface area contributed by atoms with E-state index < -0.39 is 20.0 Å². The Bertz CT molecular complexity index is 931. The second-order valence-corrected chi connectivity index (χ2v) is 9.42. The van der Waals surface area contributed by atoms with Crippen LogP contribution in [0.5, 0.6) is 0 Å². The average molecular weight is 369 g/mol. The van der Waals surface area contributed by atoms with Gasteiger partial charge in [0.25, 0.3) is 10.0 Å². The summed E-state index contributed by atoms with van der Waals surface area (Å²) in [7, 11) is -7.10. The lowest BCUT2D eigenvalue weighted by atomic mass is 10.1. The highest BCUT2D eigenvalue weighted by atomic mass is 32.2. The second kappa shape index (κ2) is 6.32. The van der Waals surface area contributed by atoms with Crippen LogP contribution in [0.3, 0.4) is 0 Å². The van der Waals surface area contributed by atoms with E-state index in [0.29, 0.717) is 13.0 Å². The second-order valence-electron chi connectivity index (χ2n) is 5.80. The Balaban J connectivity index is 1.73. The number of sulfonamides is 2. The van der Waals surface area contributed by atoms with E-state index in [4.69, 9.17) is 0 Å². The van der Waals surface area contributed by atoms with Crippen molar-refractivity contribution < 1.29 is 16.8 Å². The largest absolute Gasteiger partial charge is 0.345 e. The van der Waals surface area contributed by atoms with Gasteiger partial charge in [-0.15, -0.1) is 0 Å². The van der Waals surface area contributed by atoms with Gasteiger partial charge in [0.2, 0.25) is 10.0 Å². The van der Waals surface area contributed by atoms with Crippen LogP contribution in [0.25, 0.3) is 10.9 Å². The number of nitrogens with one attached hydrogen (secondary N) is 2. The lowest BCUT2D eigenvalue weighted by Gasteiger charge is -2.15. The van der Waals surface area contributed by atoms with Gasteiger partial charge in [-0.3, -0.25) is 0 Å². The third-order valence-corrected chi connectivity index (χ3v) is 6.96. The van der Waals surface area contributed by atoms with Crippen molar-refractivity contribution in [2.75, 3.05) is 19.6 Å². The van der Waals surface area contributed by atoms with Crippen LogP contribution >= 0.6 is 0 Å². The summed E-state index contributed by atoms with van der Waals surface area (Å²) in [5.41, 5.74) is 0.769. The molecule has 1 aromatic carbocycles. The highest BCUT2D eigenvalue weighted by Crippen LogP contribution is 2.26. The molecule has 1 aliphatic rings. The molecule has 1 saturated heterocycles. The minimum atomic E-state index is -3.61. The van der Waals surface area contributed by atoms with Crippen molar-refractivity contribution >= 4 is 30.9 Å². The molecule has 1 unspecified atom stereocenters. The van der Waals surface area contributed by atoms with Crippen molar-refractivity contribution in [3.05, 3.63) is 42.3 Å². The Hall–Kier alpha value is -1.68. The van der Waals surface area contributed by atoms with E-state index in [2.05, 4.69) is 16.3 Å². The minimum Gasteiger partial charge on any atom is -0.345 e. The molecule has 24 heavy (non-hydrogen) atoms. The predicted molar refractivity (Wildman–Crippen MR) is 92.3 cm³/mol. The SMILES string of the molecule is C=CS(=O)(=O)NCC1CCN(S(=O)(=O)c2cc3ccccc3[nH]2)C1. The summed E-state index contributed by atoms with van der Waals surface area (Å²) in [6.07, 6.45) is 0.610. The lowest BCUT2D eigenvalue weighted by Crippen LogP contribution is -2.32. The van der Waals surface area contributed by atoms with Crippen LogP contribution in [-0.4, -0.2) is 45.8 Å². The Morgan fingerprint density at radius 3 is 2.75 bits per heavy atom. The molecule has 7 nitrogen and oxygen atoms in total. The number of aromatic nitrogens is 1. The Labute approximate surface area is 141 Å². The van der Waals surface area contributed by atoms with E-state index in [0.717, 1.165) is 16.3 Å². The molecule has 0 amide bonds. The van der Waals surface area contributed by atoms with E-state index in [1.807, 2.05) is 24.3 Å². The zero-order chi connectivity index (χ0) is 17.4. The normalized spacial score (nSPS) is 19.8. The number of benzene rings is 1. The summed E-state index contributed by atoms with van der Waals surface area (Å²) in [4.78, 5) is 2.94. The first-order valence-electron chi connectivity index (χ1n) is 7.52. The van der Waals surface area contributed by atoms with Crippen LogP contribution in [0.4, 0.5) is 0 Å². The molecule has 0 spiro atoms. The van der Waals surface area contributed by atoms with E-state index in [-0.39, 0.29) is 24.0 Å². The van der Waals surface area contributed by atoms with Gasteiger partial charge in [-0.1, -0.05) is 24.8 Å². The van der Waals surface area contributed by atoms with Crippen LogP contribution in [0, 0.1) is 5.92 Å². The molecular formula is C15H19N3O4S2. The lowest BCUT2D eigenvalue weighted by molar-refractivity contribution is 0.453. The maximum atomic E-state index is 12.7. The van der Waals surface area contributed by atoms with Crippen LogP contribution < -0.4 is 4.72 Å². The van der Waals surface area contributed by atoms with Gasteiger partial charge in [0.1, 0.15) is 5.03 Å². The number of nitrogens with zero attached hydrogens (tertiary/aromatic N) is 1. The predicted octanol–water partition coefficient (Wildman–Crippen LogP) is 1.24. The first-order valence-corrected chi connectivity index (χ1v) is 10.5. The van der Waals surface area contributed by atoms with Gasteiger partial charge >= 0.3 is 0 Å². The molecule has 1 aliphatic heterocycles. The summed E-state index contributed by atoms with van der Waals surface area (Å²) in [5, 5.41) is 1.85. The van der Waals surface area contributed by atoms with Gasteiger partial charge in [0.15, 0.2) is 0 Å². The summed E-state index contributed by atoms with van der Waals surface area (Å²) in [5.74, 6) is -0.0566. The average Bonchev–Trinajstić information content (AvgIpc) is 3.20. The topological polar surface area (TPSA) is 99.3 Å². The molecule has 0 saturated carbocycles. The van der Waals surface area contributed by atoms with Gasteiger partial charge in [0, 0.05) is 35.9 Å². The summed E-state index contributed by atoms with van der Waals surface area (Å²) in [6, 6.07) is 8.99. The Morgan fingerprint density at radius 2 is 2.04 bits per heavy atom. The first-order chi connectivity index (χ1) is 11.3. The molecule has 2 aromatic rings. The fourth-order valence-corrected chi connectivity index (χ4v) is 4.93. The Morgan fingerprint density at radius 1 is 1.29 bits per heavy atom. The maximum Gasteiger partial charge on any atom is 0.258 e. The highest BCUT2D eigenvalue weighted by Gasteiger charge is 2.33. The molecule has 9 heteroatoms. The van der Waals surface area contributed by atoms with Crippen LogP contribution in [-0.2, 0) is 20.0 Å². The summed E-state index contributed by atoms with van der Waals surface area (Å²) < 4.78 is 52.1. The van der Waals surface area contributed by atoms with Crippen molar-refractivity contribution in [1.82, 2.24) is 14.0 Å². The van der Waals surface area contributed by atoms with Crippen molar-refractivity contribution in [2.45, 2.75) is 11.4 Å². The van der Waals surface area contributed by atoms with Crippen molar-refractivity contribution in [3.63, 3.8) is 0 Å². The standard InChI is InChI=1S/C15H19N3O4S2/c1-2-23(19,20)16-10-12-7-8-18(11-12)24(21,22)15-9-13-5-3-4-6-14(13)17-15/h2-6,9,12,16-17H,1,7-8,10-11H2. The number of fused-ring (bicyclic) bond motifs is 1. The van der Waals surface area contributed by atoms with Crippen LogP contribution in [0.2, 0.25) is 0 Å². The molecular weight excluding hydrogens is 350 g/mol. The zero-order valence-corrected chi connectivity index (χ0v) is 14.6. The maximum absolute atomic E-state index is 12.7. The fourth-order valence-electron chi connectivity index (χ4n) is 2.80.